The lowest BCUT2D eigenvalue weighted by Gasteiger charge is -2.03. The smallest absolute Gasteiger partial charge is 0.211 e. The molecular weight excluding hydrogens is 356 g/mol. The first-order valence-corrected chi connectivity index (χ1v) is 8.62. The van der Waals surface area contributed by atoms with E-state index in [4.69, 9.17) is 0 Å². The molecule has 0 spiro atoms. The summed E-state index contributed by atoms with van der Waals surface area (Å²) in [6.07, 6.45) is 1.76. The highest BCUT2D eigenvalue weighted by atomic mass is 32.1. The number of rotatable bonds is 5. The summed E-state index contributed by atoms with van der Waals surface area (Å²) < 4.78 is 28.4. The number of nitrogens with zero attached hydrogens (tertiary/aromatic N) is 4. The third-order valence-corrected chi connectivity index (χ3v) is 4.57. The molecule has 0 bridgehead atoms. The Balaban J connectivity index is 1.46. The number of hydrogen-bond acceptors (Lipinski definition) is 5. The first kappa shape index (κ1) is 16.3. The maximum absolute atomic E-state index is 13.7. The van der Waals surface area contributed by atoms with Gasteiger partial charge in [-0.05, 0) is 30.3 Å². The summed E-state index contributed by atoms with van der Waals surface area (Å²) in [6.45, 7) is 0.339. The van der Waals surface area contributed by atoms with Crippen molar-refractivity contribution in [1.82, 2.24) is 20.0 Å². The van der Waals surface area contributed by atoms with Gasteiger partial charge in [-0.2, -0.15) is 5.10 Å². The lowest BCUT2D eigenvalue weighted by atomic mass is 10.2. The number of hydrogen-bond donors (Lipinski definition) is 1. The lowest BCUT2D eigenvalue weighted by Crippen LogP contribution is -2.03. The van der Waals surface area contributed by atoms with Crippen LogP contribution in [0.25, 0.3) is 10.6 Å². The first-order valence-electron chi connectivity index (χ1n) is 7.81. The highest BCUT2D eigenvalue weighted by molar-refractivity contribution is 7.18. The average molecular weight is 369 g/mol. The average Bonchev–Trinajstić information content (AvgIpc) is 3.28. The molecule has 0 aliphatic rings. The summed E-state index contributed by atoms with van der Waals surface area (Å²) >= 11 is 1.34. The van der Waals surface area contributed by atoms with Gasteiger partial charge in [-0.3, -0.25) is 4.68 Å². The van der Waals surface area contributed by atoms with E-state index in [1.807, 2.05) is 0 Å². The summed E-state index contributed by atoms with van der Waals surface area (Å²) in [7, 11) is 0. The van der Waals surface area contributed by atoms with Crippen LogP contribution in [-0.4, -0.2) is 20.0 Å². The maximum Gasteiger partial charge on any atom is 0.211 e. The van der Waals surface area contributed by atoms with Gasteiger partial charge in [0, 0.05) is 23.4 Å². The third-order valence-electron chi connectivity index (χ3n) is 3.68. The molecule has 0 saturated heterocycles. The van der Waals surface area contributed by atoms with E-state index in [9.17, 15) is 8.78 Å². The number of aromatic nitrogens is 4. The van der Waals surface area contributed by atoms with Crippen molar-refractivity contribution in [2.24, 2.45) is 0 Å². The molecule has 0 aliphatic heterocycles. The van der Waals surface area contributed by atoms with Crippen LogP contribution in [0.2, 0.25) is 0 Å². The fourth-order valence-corrected chi connectivity index (χ4v) is 3.17. The Morgan fingerprint density at radius 1 is 0.962 bits per heavy atom. The molecule has 8 heteroatoms. The van der Waals surface area contributed by atoms with E-state index >= 15 is 0 Å². The lowest BCUT2D eigenvalue weighted by molar-refractivity contribution is 0.586. The number of anilines is 2. The zero-order valence-electron chi connectivity index (χ0n) is 13.4. The number of halogens is 2. The highest BCUT2D eigenvalue weighted by Gasteiger charge is 2.09. The molecule has 1 N–H and O–H groups in total. The van der Waals surface area contributed by atoms with Gasteiger partial charge in [0.15, 0.2) is 5.82 Å². The van der Waals surface area contributed by atoms with Gasteiger partial charge in [0.25, 0.3) is 0 Å². The SMILES string of the molecule is Fc1ccc(-c2nnc(Nc3ccn(Cc4ccccc4F)n3)s2)cc1. The van der Waals surface area contributed by atoms with Crippen LogP contribution < -0.4 is 5.32 Å². The predicted molar refractivity (Wildman–Crippen MR) is 96.3 cm³/mol. The van der Waals surface area contributed by atoms with E-state index in [1.165, 1.54) is 29.5 Å². The second-order valence-electron chi connectivity index (χ2n) is 5.53. The minimum Gasteiger partial charge on any atom is -0.313 e. The van der Waals surface area contributed by atoms with Crippen LogP contribution in [0.5, 0.6) is 0 Å². The molecule has 0 unspecified atom stereocenters. The minimum atomic E-state index is -0.294. The predicted octanol–water partition coefficient (Wildman–Crippen LogP) is 4.47. The fraction of sp³-hybridized carbons (Fsp3) is 0.0556. The van der Waals surface area contributed by atoms with E-state index in [0.717, 1.165) is 5.56 Å². The van der Waals surface area contributed by atoms with Crippen LogP contribution in [0.3, 0.4) is 0 Å². The summed E-state index contributed by atoms with van der Waals surface area (Å²) in [4.78, 5) is 0. The Bertz CT molecular complexity index is 1030. The van der Waals surface area contributed by atoms with Crippen molar-refractivity contribution in [2.75, 3.05) is 5.32 Å². The van der Waals surface area contributed by atoms with Crippen LogP contribution in [0.1, 0.15) is 5.56 Å². The van der Waals surface area contributed by atoms with E-state index in [0.29, 0.717) is 28.1 Å². The van der Waals surface area contributed by atoms with Gasteiger partial charge in [-0.25, -0.2) is 8.78 Å². The van der Waals surface area contributed by atoms with E-state index < -0.39 is 0 Å². The van der Waals surface area contributed by atoms with Crippen LogP contribution in [0.4, 0.5) is 19.7 Å². The minimum absolute atomic E-state index is 0.259. The Labute approximate surface area is 152 Å². The molecule has 0 aliphatic carbocycles. The Hall–Kier alpha value is -3.13. The van der Waals surface area contributed by atoms with Crippen molar-refractivity contribution in [1.29, 1.82) is 0 Å². The molecule has 26 heavy (non-hydrogen) atoms. The van der Waals surface area contributed by atoms with Gasteiger partial charge in [-0.1, -0.05) is 29.5 Å². The summed E-state index contributed by atoms with van der Waals surface area (Å²) in [6, 6.07) is 14.5. The van der Waals surface area contributed by atoms with Crippen molar-refractivity contribution in [2.45, 2.75) is 6.54 Å². The molecule has 0 amide bonds. The van der Waals surface area contributed by atoms with Crippen LogP contribution in [0.15, 0.2) is 60.8 Å². The van der Waals surface area contributed by atoms with Gasteiger partial charge < -0.3 is 5.32 Å². The monoisotopic (exact) mass is 369 g/mol. The Morgan fingerprint density at radius 2 is 1.77 bits per heavy atom. The van der Waals surface area contributed by atoms with Crippen molar-refractivity contribution in [3.63, 3.8) is 0 Å². The molecule has 2 aromatic carbocycles. The second kappa shape index (κ2) is 7.01. The van der Waals surface area contributed by atoms with Gasteiger partial charge >= 0.3 is 0 Å². The Kier molecular flexibility index (Phi) is 4.40. The normalized spacial score (nSPS) is 10.8. The molecule has 4 rings (SSSR count). The van der Waals surface area contributed by atoms with Crippen molar-refractivity contribution >= 4 is 22.3 Å². The van der Waals surface area contributed by atoms with Crippen LogP contribution in [-0.2, 0) is 6.54 Å². The van der Waals surface area contributed by atoms with Crippen LogP contribution in [0, 0.1) is 11.6 Å². The topological polar surface area (TPSA) is 55.6 Å². The fourth-order valence-electron chi connectivity index (χ4n) is 2.41. The third kappa shape index (κ3) is 3.60. The zero-order valence-corrected chi connectivity index (χ0v) is 14.3. The highest BCUT2D eigenvalue weighted by Crippen LogP contribution is 2.28. The molecule has 130 valence electrons. The molecule has 0 saturated carbocycles. The van der Waals surface area contributed by atoms with Gasteiger partial charge in [-0.15, -0.1) is 10.2 Å². The van der Waals surface area contributed by atoms with E-state index in [2.05, 4.69) is 20.6 Å². The first-order chi connectivity index (χ1) is 12.7. The van der Waals surface area contributed by atoms with Gasteiger partial charge in [0.2, 0.25) is 5.13 Å². The standard InChI is InChI=1S/C18H13F2N5S/c19-14-7-5-12(6-8-14)17-22-23-18(26-17)21-16-9-10-25(24-16)11-13-3-1-2-4-15(13)20/h1-10H,11H2,(H,21,23,24). The van der Waals surface area contributed by atoms with E-state index in [-0.39, 0.29) is 11.6 Å². The second-order valence-corrected chi connectivity index (χ2v) is 6.51. The molecule has 0 atom stereocenters. The molecule has 2 aromatic heterocycles. The molecule has 4 aromatic rings. The van der Waals surface area contributed by atoms with Gasteiger partial charge in [0.05, 0.1) is 6.54 Å². The molecule has 0 fully saturated rings. The largest absolute Gasteiger partial charge is 0.313 e. The molecule has 5 nitrogen and oxygen atoms in total. The molecule has 2 heterocycles. The quantitative estimate of drug-likeness (QED) is 0.564. The van der Waals surface area contributed by atoms with Gasteiger partial charge in [0.1, 0.15) is 16.6 Å². The summed E-state index contributed by atoms with van der Waals surface area (Å²) in [5.74, 6) is 0.0331. The van der Waals surface area contributed by atoms with Crippen molar-refractivity contribution in [3.05, 3.63) is 78.0 Å². The van der Waals surface area contributed by atoms with Crippen molar-refractivity contribution in [3.8, 4) is 10.6 Å². The van der Waals surface area contributed by atoms with E-state index in [1.54, 1.807) is 47.3 Å². The Morgan fingerprint density at radius 3 is 2.58 bits per heavy atom. The molecule has 0 radical (unpaired) electrons. The van der Waals surface area contributed by atoms with Crippen molar-refractivity contribution < 1.29 is 8.78 Å². The summed E-state index contributed by atoms with van der Waals surface area (Å²) in [5.41, 5.74) is 1.36. The number of benzene rings is 2. The zero-order chi connectivity index (χ0) is 17.9. The van der Waals surface area contributed by atoms with Crippen LogP contribution >= 0.6 is 11.3 Å². The summed E-state index contributed by atoms with van der Waals surface area (Å²) in [5, 5.41) is 16.9. The number of nitrogens with one attached hydrogen (secondary N) is 1. The maximum atomic E-state index is 13.7. The molecular formula is C18H13F2N5S.